The van der Waals surface area contributed by atoms with E-state index in [0.717, 1.165) is 0 Å². The van der Waals surface area contributed by atoms with Crippen molar-refractivity contribution in [2.75, 3.05) is 4.43 Å². The summed E-state index contributed by atoms with van der Waals surface area (Å²) < 4.78 is 2.10. The van der Waals surface area contributed by atoms with E-state index < -0.39 is 0 Å². The van der Waals surface area contributed by atoms with Crippen LogP contribution in [0.4, 0.5) is 0 Å². The van der Waals surface area contributed by atoms with Crippen LogP contribution in [-0.2, 0) is 0 Å². The predicted molar refractivity (Wildman–Crippen MR) is 152 cm³/mol. The number of rotatable bonds is 3. The molecule has 0 nitrogen and oxygen atoms in total. The fraction of sp³-hybridized carbons (Fsp3) is 0.900. The van der Waals surface area contributed by atoms with E-state index in [1.54, 1.807) is 6.92 Å². The van der Waals surface area contributed by atoms with Crippen molar-refractivity contribution in [3.63, 3.8) is 0 Å². The highest BCUT2D eigenvalue weighted by Gasteiger charge is 1.99. The van der Waals surface area contributed by atoms with Crippen LogP contribution in [0.15, 0.2) is 11.6 Å². The fourth-order valence-corrected chi connectivity index (χ4v) is 0.896. The Hall–Kier alpha value is 2.55. The Morgan fingerprint density at radius 2 is 1.19 bits per heavy atom. The highest BCUT2D eigenvalue weighted by molar-refractivity contribution is 14.1. The highest BCUT2D eigenvalue weighted by atomic mass is 127. The lowest BCUT2D eigenvalue weighted by atomic mass is 10.3. The summed E-state index contributed by atoms with van der Waals surface area (Å²) in [6.45, 7) is 26.1. The minimum atomic E-state index is -0.105. The summed E-state index contributed by atoms with van der Waals surface area (Å²) >= 11 is 24.3. The first-order chi connectivity index (χ1) is 11.1. The monoisotopic (exact) mass is 720 g/mol. The summed E-state index contributed by atoms with van der Waals surface area (Å²) in [7, 11) is 0. The van der Waals surface area contributed by atoms with Gasteiger partial charge in [0.25, 0.3) is 0 Å². The van der Waals surface area contributed by atoms with Crippen molar-refractivity contribution in [3.05, 3.63) is 11.6 Å². The van der Waals surface area contributed by atoms with Crippen molar-refractivity contribution >= 4 is 95.9 Å². The Bertz CT molecular complexity index is 240. The third-order valence-corrected chi connectivity index (χ3v) is 2.38. The summed E-state index contributed by atoms with van der Waals surface area (Å²) in [4.78, 5) is -0.0278. The van der Waals surface area contributed by atoms with Crippen molar-refractivity contribution in [2.45, 2.75) is 107 Å². The molecule has 0 amide bonds. The molecule has 0 saturated carbocycles. The molecule has 0 aromatic rings. The van der Waals surface area contributed by atoms with Crippen LogP contribution in [0.2, 0.25) is 0 Å². The van der Waals surface area contributed by atoms with Crippen LogP contribution in [0.1, 0.15) is 89.0 Å². The normalized spacial score (nSPS) is 11.7. The minimum Gasteiger partial charge on any atom is -0.120 e. The van der Waals surface area contributed by atoms with Crippen molar-refractivity contribution in [1.82, 2.24) is 0 Å². The maximum atomic E-state index is 5.53. The van der Waals surface area contributed by atoms with Crippen LogP contribution in [0, 0.1) is 0 Å². The molecule has 0 aliphatic carbocycles. The number of hydrogen-bond donors (Lipinski definition) is 0. The quantitative estimate of drug-likeness (QED) is 0.201. The molecule has 0 saturated heterocycles. The van der Waals surface area contributed by atoms with Gasteiger partial charge in [-0.1, -0.05) is 134 Å². The molecule has 0 aromatic heterocycles. The molecule has 1 unspecified atom stereocenters. The molecule has 0 fully saturated rings. The summed E-state index contributed by atoms with van der Waals surface area (Å²) in [6, 6.07) is 0. The molecule has 0 aliphatic heterocycles. The van der Waals surface area contributed by atoms with Crippen molar-refractivity contribution < 1.29 is 0 Å². The number of hydrogen-bond acceptors (Lipinski definition) is 0. The molecule has 164 valence electrons. The van der Waals surface area contributed by atoms with Gasteiger partial charge in [-0.2, -0.15) is 0 Å². The standard InChI is InChI=1S/C4H9Br.C4H6Cl2.C4H9Cl.2C4H9I/c1-4(2,3)5;1-3(5)4(2)6;2*1-4(2,3)5;1-2-3-4-5/h1-3H3;4H,1H2,2H3;2*1-3H3;2-4H2,1H3. The first kappa shape index (κ1) is 39.1. The zero-order valence-corrected chi connectivity index (χ0v) is 26.8. The van der Waals surface area contributed by atoms with Crippen molar-refractivity contribution in [1.29, 1.82) is 0 Å². The second-order valence-corrected chi connectivity index (χ2v) is 17.3. The molecule has 0 N–H and O–H groups in total. The number of halogens is 6. The average molecular weight is 723 g/mol. The number of allylic oxidation sites excluding steroid dienone is 1. The third-order valence-electron chi connectivity index (χ3n) is 0.919. The van der Waals surface area contributed by atoms with Gasteiger partial charge in [0.05, 0.1) is 5.38 Å². The maximum absolute atomic E-state index is 5.53. The molecule has 0 spiro atoms. The summed E-state index contributed by atoms with van der Waals surface area (Å²) in [6.07, 6.45) is 2.71. The Morgan fingerprint density at radius 3 is 1.19 bits per heavy atom. The summed E-state index contributed by atoms with van der Waals surface area (Å²) in [5, 5.41) is 0.392. The van der Waals surface area contributed by atoms with E-state index in [9.17, 15) is 0 Å². The van der Waals surface area contributed by atoms with E-state index in [1.165, 1.54) is 17.3 Å². The molecular formula is C20H42BrCl3I2. The predicted octanol–water partition coefficient (Wildman–Crippen LogP) is 11.0. The first-order valence-electron chi connectivity index (χ1n) is 8.67. The van der Waals surface area contributed by atoms with Gasteiger partial charge in [0, 0.05) is 17.7 Å². The SMILES string of the molecule is C=C(Cl)C(C)Cl.CC(C)(C)Br.CC(C)(C)Cl.CC(C)(C)I.CCCCI. The van der Waals surface area contributed by atoms with Gasteiger partial charge in [-0.15, -0.1) is 23.2 Å². The summed E-state index contributed by atoms with van der Waals surface area (Å²) in [5.41, 5.74) is 0. The van der Waals surface area contributed by atoms with E-state index in [0.29, 0.717) is 12.8 Å². The molecule has 0 heterocycles. The molecular weight excluding hydrogens is 680 g/mol. The summed E-state index contributed by atoms with van der Waals surface area (Å²) in [5.74, 6) is 0. The Morgan fingerprint density at radius 1 is 1.04 bits per heavy atom. The lowest BCUT2D eigenvalue weighted by molar-refractivity contribution is 0.788. The van der Waals surface area contributed by atoms with Crippen LogP contribution in [0.5, 0.6) is 0 Å². The zero-order chi connectivity index (χ0) is 22.8. The van der Waals surface area contributed by atoms with E-state index in [1.807, 2.05) is 20.8 Å². The molecule has 1 atom stereocenters. The van der Waals surface area contributed by atoms with Crippen molar-refractivity contribution in [2.24, 2.45) is 0 Å². The molecule has 26 heavy (non-hydrogen) atoms. The zero-order valence-electron chi connectivity index (χ0n) is 18.7. The smallest absolute Gasteiger partial charge is 0.0658 e. The van der Waals surface area contributed by atoms with E-state index in [2.05, 4.69) is 116 Å². The molecule has 6 heteroatoms. The van der Waals surface area contributed by atoms with Crippen LogP contribution < -0.4 is 0 Å². The molecule has 0 radical (unpaired) electrons. The maximum Gasteiger partial charge on any atom is 0.0658 e. The Balaban J connectivity index is -0.0000000708. The molecule has 0 aromatic carbocycles. The molecule has 0 aliphatic rings. The van der Waals surface area contributed by atoms with Gasteiger partial charge >= 0.3 is 0 Å². The van der Waals surface area contributed by atoms with Gasteiger partial charge in [0.1, 0.15) is 0 Å². The Labute approximate surface area is 216 Å². The van der Waals surface area contributed by atoms with Gasteiger partial charge in [0.15, 0.2) is 0 Å². The van der Waals surface area contributed by atoms with E-state index in [-0.39, 0.29) is 10.3 Å². The van der Waals surface area contributed by atoms with Gasteiger partial charge in [-0.3, -0.25) is 0 Å². The van der Waals surface area contributed by atoms with Gasteiger partial charge in [-0.25, -0.2) is 0 Å². The minimum absolute atomic E-state index is 0.0278. The van der Waals surface area contributed by atoms with Gasteiger partial charge < -0.3 is 0 Å². The second kappa shape index (κ2) is 22.2. The largest absolute Gasteiger partial charge is 0.120 e. The van der Waals surface area contributed by atoms with Gasteiger partial charge in [0.2, 0.25) is 0 Å². The van der Waals surface area contributed by atoms with Crippen LogP contribution in [0.25, 0.3) is 0 Å². The molecule has 0 rings (SSSR count). The number of unbranched alkanes of at least 4 members (excludes halogenated alkanes) is 1. The van der Waals surface area contributed by atoms with Crippen molar-refractivity contribution in [3.8, 4) is 0 Å². The number of alkyl halides is 5. The fourth-order valence-electron chi connectivity index (χ4n) is 0.134. The van der Waals surface area contributed by atoms with E-state index in [4.69, 9.17) is 34.8 Å². The third kappa shape index (κ3) is 237. The average Bonchev–Trinajstić information content (AvgIpc) is 2.23. The first-order valence-corrected chi connectivity index (χ1v) is 13.3. The Kier molecular flexibility index (Phi) is 33.4. The lowest BCUT2D eigenvalue weighted by Gasteiger charge is -2.02. The van der Waals surface area contributed by atoms with Gasteiger partial charge in [-0.05, 0) is 38.5 Å². The highest BCUT2D eigenvalue weighted by Crippen LogP contribution is 2.13. The lowest BCUT2D eigenvalue weighted by Crippen LogP contribution is -1.99. The van der Waals surface area contributed by atoms with Crippen LogP contribution >= 0.6 is 95.9 Å². The van der Waals surface area contributed by atoms with Crippen LogP contribution in [-0.4, -0.2) is 22.4 Å². The van der Waals surface area contributed by atoms with E-state index >= 15 is 0 Å². The second-order valence-electron chi connectivity index (χ2n) is 8.31. The molecule has 0 bridgehead atoms. The topological polar surface area (TPSA) is 0 Å². The van der Waals surface area contributed by atoms with Crippen LogP contribution in [0.3, 0.4) is 0 Å².